The van der Waals surface area contributed by atoms with Crippen LogP contribution in [0.5, 0.6) is 0 Å². The number of halogens is 2. The van der Waals surface area contributed by atoms with E-state index in [1.165, 1.54) is 6.07 Å². The first kappa shape index (κ1) is 11.7. The van der Waals surface area contributed by atoms with Crippen LogP contribution in [0.2, 0.25) is 0 Å². The second kappa shape index (κ2) is 4.25. The molecule has 1 aromatic rings. The maximum Gasteiger partial charge on any atom is 0.415 e. The molecule has 1 unspecified atom stereocenters. The van der Waals surface area contributed by atoms with Crippen molar-refractivity contribution in [1.82, 2.24) is 4.90 Å². The summed E-state index contributed by atoms with van der Waals surface area (Å²) in [5.41, 5.74) is 0.297. The van der Waals surface area contributed by atoms with Crippen molar-refractivity contribution >= 4 is 23.5 Å². The monoisotopic (exact) mass is 259 g/mol. The number of nitrogens with zero attached hydrogens (tertiary/aromatic N) is 1. The van der Waals surface area contributed by atoms with Gasteiger partial charge in [-0.1, -0.05) is 6.07 Å². The highest BCUT2D eigenvalue weighted by molar-refractivity contribution is 7.80. The summed E-state index contributed by atoms with van der Waals surface area (Å²) in [6.45, 7) is -0.00376. The Kier molecular flexibility index (Phi) is 2.93. The number of ether oxygens (including phenoxy) is 1. The lowest BCUT2D eigenvalue weighted by Gasteiger charge is -2.17. The topological polar surface area (TPSA) is 49.8 Å². The first-order valence-corrected chi connectivity index (χ1v) is 5.05. The van der Waals surface area contributed by atoms with Crippen LogP contribution in [-0.4, -0.2) is 27.9 Å². The number of benzene rings is 1. The number of thiocarbonyl (C=S) groups is 1. The standard InChI is InChI=1S/C10H7F2NO3S/c11-6-2-1-5(3-7(6)12)8-4-16-10(17)13(8)9(14)15/h1-3,8H,4H2,(H,14,15). The molecule has 1 N–H and O–H groups in total. The molecule has 0 aliphatic carbocycles. The third-order valence-electron chi connectivity index (χ3n) is 2.41. The predicted molar refractivity (Wildman–Crippen MR) is 57.5 cm³/mol. The summed E-state index contributed by atoms with van der Waals surface area (Å²) in [6, 6.07) is 2.44. The zero-order valence-electron chi connectivity index (χ0n) is 8.39. The molecule has 1 aliphatic heterocycles. The highest BCUT2D eigenvalue weighted by Crippen LogP contribution is 2.28. The van der Waals surface area contributed by atoms with Gasteiger partial charge in [-0.3, -0.25) is 0 Å². The van der Waals surface area contributed by atoms with Crippen LogP contribution in [0.3, 0.4) is 0 Å². The zero-order valence-corrected chi connectivity index (χ0v) is 9.21. The second-order valence-corrected chi connectivity index (χ2v) is 3.77. The number of rotatable bonds is 1. The van der Waals surface area contributed by atoms with Crippen molar-refractivity contribution in [3.63, 3.8) is 0 Å². The van der Waals surface area contributed by atoms with E-state index < -0.39 is 23.8 Å². The van der Waals surface area contributed by atoms with E-state index in [9.17, 15) is 13.6 Å². The maximum absolute atomic E-state index is 13.0. The number of carboxylic acid groups (broad SMARTS) is 1. The lowest BCUT2D eigenvalue weighted by atomic mass is 10.1. The van der Waals surface area contributed by atoms with Crippen molar-refractivity contribution in [3.8, 4) is 0 Å². The summed E-state index contributed by atoms with van der Waals surface area (Å²) >= 11 is 4.71. The van der Waals surface area contributed by atoms with Gasteiger partial charge in [-0.05, 0) is 29.9 Å². The fourth-order valence-corrected chi connectivity index (χ4v) is 1.87. The minimum atomic E-state index is -1.29. The summed E-state index contributed by atoms with van der Waals surface area (Å²) in [6.07, 6.45) is -1.29. The van der Waals surface area contributed by atoms with Crippen LogP contribution >= 0.6 is 12.2 Å². The van der Waals surface area contributed by atoms with E-state index in [0.717, 1.165) is 17.0 Å². The fourth-order valence-electron chi connectivity index (χ4n) is 1.60. The number of carbonyl (C=O) groups is 1. The normalized spacial score (nSPS) is 19.3. The van der Waals surface area contributed by atoms with Crippen molar-refractivity contribution in [2.75, 3.05) is 6.61 Å². The van der Waals surface area contributed by atoms with Crippen LogP contribution < -0.4 is 0 Å². The molecule has 0 aromatic heterocycles. The molecule has 1 heterocycles. The Hall–Kier alpha value is -1.76. The first-order valence-electron chi connectivity index (χ1n) is 4.64. The summed E-state index contributed by atoms with van der Waals surface area (Å²) < 4.78 is 30.7. The summed E-state index contributed by atoms with van der Waals surface area (Å²) in [5.74, 6) is -2.03. The van der Waals surface area contributed by atoms with Crippen LogP contribution in [0.25, 0.3) is 0 Å². The minimum Gasteiger partial charge on any atom is -0.468 e. The molecule has 1 fully saturated rings. The van der Waals surface area contributed by atoms with Crippen molar-refractivity contribution < 1.29 is 23.4 Å². The summed E-state index contributed by atoms with van der Waals surface area (Å²) in [4.78, 5) is 11.7. The van der Waals surface area contributed by atoms with Crippen molar-refractivity contribution in [3.05, 3.63) is 35.4 Å². The SMILES string of the molecule is O=C(O)N1C(=S)OCC1c1ccc(F)c(F)c1. The molecule has 0 saturated carbocycles. The molecule has 1 aliphatic rings. The van der Waals surface area contributed by atoms with Gasteiger partial charge in [-0.15, -0.1) is 0 Å². The maximum atomic E-state index is 13.0. The third-order valence-corrected chi connectivity index (χ3v) is 2.72. The van der Waals surface area contributed by atoms with E-state index in [2.05, 4.69) is 0 Å². The molecule has 0 radical (unpaired) electrons. The molecular formula is C10H7F2NO3S. The molecule has 1 atom stereocenters. The molecular weight excluding hydrogens is 252 g/mol. The van der Waals surface area contributed by atoms with Gasteiger partial charge in [0.25, 0.3) is 5.17 Å². The smallest absolute Gasteiger partial charge is 0.415 e. The first-order chi connectivity index (χ1) is 8.00. The van der Waals surface area contributed by atoms with E-state index in [1.807, 2.05) is 0 Å². The number of amides is 1. The molecule has 4 nitrogen and oxygen atoms in total. The van der Waals surface area contributed by atoms with Gasteiger partial charge in [0.05, 0.1) is 0 Å². The molecule has 1 saturated heterocycles. The van der Waals surface area contributed by atoms with Gasteiger partial charge in [-0.2, -0.15) is 0 Å². The van der Waals surface area contributed by atoms with Crippen LogP contribution in [0.15, 0.2) is 18.2 Å². The van der Waals surface area contributed by atoms with Gasteiger partial charge in [-0.25, -0.2) is 18.5 Å². The van der Waals surface area contributed by atoms with Gasteiger partial charge < -0.3 is 9.84 Å². The Labute approximate surface area is 100 Å². The Bertz CT molecular complexity index is 494. The molecule has 7 heteroatoms. The average molecular weight is 259 g/mol. The van der Waals surface area contributed by atoms with Crippen LogP contribution in [0.4, 0.5) is 13.6 Å². The average Bonchev–Trinajstić information content (AvgIpc) is 2.64. The van der Waals surface area contributed by atoms with Gasteiger partial charge in [0.15, 0.2) is 11.6 Å². The minimum absolute atomic E-state index is 0.00376. The third kappa shape index (κ3) is 2.05. The van der Waals surface area contributed by atoms with E-state index in [0.29, 0.717) is 5.56 Å². The van der Waals surface area contributed by atoms with E-state index in [-0.39, 0.29) is 11.8 Å². The quantitative estimate of drug-likeness (QED) is 0.786. The summed E-state index contributed by atoms with van der Waals surface area (Å²) in [7, 11) is 0. The molecule has 17 heavy (non-hydrogen) atoms. The van der Waals surface area contributed by atoms with Crippen molar-refractivity contribution in [2.24, 2.45) is 0 Å². The van der Waals surface area contributed by atoms with Crippen molar-refractivity contribution in [2.45, 2.75) is 6.04 Å². The van der Waals surface area contributed by atoms with Gasteiger partial charge >= 0.3 is 6.09 Å². The lowest BCUT2D eigenvalue weighted by Crippen LogP contribution is -2.32. The molecule has 1 aromatic carbocycles. The fraction of sp³-hybridized carbons (Fsp3) is 0.200. The van der Waals surface area contributed by atoms with Crippen LogP contribution in [-0.2, 0) is 4.74 Å². The Balaban J connectivity index is 2.36. The molecule has 90 valence electrons. The lowest BCUT2D eigenvalue weighted by molar-refractivity contribution is 0.162. The molecule has 1 amide bonds. The Morgan fingerprint density at radius 3 is 2.76 bits per heavy atom. The van der Waals surface area contributed by atoms with Crippen LogP contribution in [0, 0.1) is 11.6 Å². The van der Waals surface area contributed by atoms with Gasteiger partial charge in [0, 0.05) is 0 Å². The van der Waals surface area contributed by atoms with Gasteiger partial charge in [0.2, 0.25) is 0 Å². The highest BCUT2D eigenvalue weighted by atomic mass is 32.1. The second-order valence-electron chi connectivity index (χ2n) is 3.42. The van der Waals surface area contributed by atoms with Gasteiger partial charge in [0.1, 0.15) is 12.6 Å². The number of hydrogen-bond acceptors (Lipinski definition) is 3. The van der Waals surface area contributed by atoms with E-state index in [1.54, 1.807) is 0 Å². The predicted octanol–water partition coefficient (Wildman–Crippen LogP) is 2.30. The Morgan fingerprint density at radius 1 is 1.47 bits per heavy atom. The molecule has 0 spiro atoms. The molecule has 0 bridgehead atoms. The van der Waals surface area contributed by atoms with E-state index >= 15 is 0 Å². The highest BCUT2D eigenvalue weighted by Gasteiger charge is 2.36. The Morgan fingerprint density at radius 2 is 2.18 bits per heavy atom. The summed E-state index contributed by atoms with van der Waals surface area (Å²) in [5, 5.41) is 8.74. The van der Waals surface area contributed by atoms with E-state index in [4.69, 9.17) is 22.1 Å². The van der Waals surface area contributed by atoms with Crippen LogP contribution in [0.1, 0.15) is 11.6 Å². The number of hydrogen-bond donors (Lipinski definition) is 1. The van der Waals surface area contributed by atoms with Crippen molar-refractivity contribution in [1.29, 1.82) is 0 Å². The zero-order chi connectivity index (χ0) is 12.6. The molecule has 2 rings (SSSR count). The largest absolute Gasteiger partial charge is 0.468 e.